The second-order valence-corrected chi connectivity index (χ2v) is 18.7. The van der Waals surface area contributed by atoms with Crippen LogP contribution in [0.4, 0.5) is 13.2 Å². The highest BCUT2D eigenvalue weighted by Crippen LogP contribution is 2.32. The number of hydroxylamine groups is 1. The Morgan fingerprint density at radius 3 is 2.07 bits per heavy atom. The van der Waals surface area contributed by atoms with Crippen LogP contribution in [0.3, 0.4) is 0 Å². The number of hydrogen-bond donors (Lipinski definition) is 5. The topological polar surface area (TPSA) is 224 Å². The zero-order chi connectivity index (χ0) is 51.1. The van der Waals surface area contributed by atoms with Gasteiger partial charge in [-0.1, -0.05) is 87.5 Å². The maximum Gasteiger partial charge on any atom is 0.299 e. The number of nitrogens with zero attached hydrogens (tertiary/aromatic N) is 4. The smallest absolute Gasteiger partial charge is 0.299 e. The third-order valence-corrected chi connectivity index (χ3v) is 12.5. The van der Waals surface area contributed by atoms with Gasteiger partial charge >= 0.3 is 0 Å². The van der Waals surface area contributed by atoms with E-state index in [-0.39, 0.29) is 77.1 Å². The van der Waals surface area contributed by atoms with Crippen molar-refractivity contribution in [3.8, 4) is 21.8 Å². The minimum Gasteiger partial charge on any atom is -0.391 e. The summed E-state index contributed by atoms with van der Waals surface area (Å²) in [4.78, 5) is 67.5. The number of benzene rings is 3. The van der Waals surface area contributed by atoms with Crippen molar-refractivity contribution < 1.29 is 61.6 Å². The zero-order valence-electron chi connectivity index (χ0n) is 39.7. The van der Waals surface area contributed by atoms with Crippen molar-refractivity contribution in [2.45, 2.75) is 70.7 Å². The van der Waals surface area contributed by atoms with Crippen LogP contribution in [0.25, 0.3) is 21.8 Å². The molecule has 5 aromatic rings. The summed E-state index contributed by atoms with van der Waals surface area (Å²) in [6.07, 6.45) is 1.13. The lowest BCUT2D eigenvalue weighted by Gasteiger charge is -2.35. The number of ether oxygens (including phenoxy) is 4. The second-order valence-electron chi connectivity index (χ2n) is 17.8. The van der Waals surface area contributed by atoms with Gasteiger partial charge in [0.25, 0.3) is 11.8 Å². The van der Waals surface area contributed by atoms with Crippen LogP contribution in [-0.2, 0) is 50.6 Å². The van der Waals surface area contributed by atoms with Crippen LogP contribution in [0.15, 0.2) is 90.7 Å². The van der Waals surface area contributed by atoms with Crippen molar-refractivity contribution in [2.24, 2.45) is 5.41 Å². The average molecular weight is 1010 g/mol. The molecule has 0 radical (unpaired) electrons. The number of likely N-dealkylation sites (tertiary alicyclic amines) is 1. The Kier molecular flexibility index (Phi) is 19.3. The molecule has 1 saturated heterocycles. The number of β-amino-alcohol motifs (C(OH)–C–C–N with tert-alkyl or cyclic N) is 1. The quantitative estimate of drug-likeness (QED) is 0.0301. The van der Waals surface area contributed by atoms with Gasteiger partial charge in [-0.15, -0.1) is 11.3 Å². The van der Waals surface area contributed by atoms with E-state index < -0.39 is 77.1 Å². The summed E-state index contributed by atoms with van der Waals surface area (Å²) < 4.78 is 65.8. The summed E-state index contributed by atoms with van der Waals surface area (Å²) >= 11 is 1.55. The Morgan fingerprint density at radius 1 is 0.845 bits per heavy atom. The first kappa shape index (κ1) is 54.1. The van der Waals surface area contributed by atoms with Gasteiger partial charge in [0.1, 0.15) is 31.1 Å². The summed E-state index contributed by atoms with van der Waals surface area (Å²) in [6, 6.07) is 17.6. The second kappa shape index (κ2) is 25.3. The highest BCUT2D eigenvalue weighted by atomic mass is 32.1. The minimum absolute atomic E-state index is 0.0118. The van der Waals surface area contributed by atoms with Crippen LogP contribution in [0.1, 0.15) is 61.1 Å². The number of halogens is 3. The lowest BCUT2D eigenvalue weighted by Crippen LogP contribution is -2.58. The van der Waals surface area contributed by atoms with Gasteiger partial charge in [0, 0.05) is 43.0 Å². The van der Waals surface area contributed by atoms with E-state index in [4.69, 9.17) is 18.9 Å². The zero-order valence-corrected chi connectivity index (χ0v) is 40.6. The Labute approximate surface area is 413 Å². The molecule has 3 heterocycles. The monoisotopic (exact) mass is 1010 g/mol. The third kappa shape index (κ3) is 14.9. The van der Waals surface area contributed by atoms with Crippen molar-refractivity contribution >= 4 is 35.0 Å². The highest BCUT2D eigenvalue weighted by molar-refractivity contribution is 7.13. The number of aromatic nitrogens is 3. The molecule has 1 aliphatic rings. The number of carbonyl (C=O) groups is 4. The summed E-state index contributed by atoms with van der Waals surface area (Å²) in [5.74, 6) is -7.35. The van der Waals surface area contributed by atoms with E-state index in [1.807, 2.05) is 31.2 Å². The van der Waals surface area contributed by atoms with Gasteiger partial charge in [-0.05, 0) is 35.1 Å². The molecule has 4 atom stereocenters. The first-order valence-electron chi connectivity index (χ1n) is 22.8. The molecular weight excluding hydrogens is 948 g/mol. The number of amides is 4. The van der Waals surface area contributed by atoms with E-state index >= 15 is 0 Å². The van der Waals surface area contributed by atoms with Crippen LogP contribution >= 0.6 is 11.3 Å². The molecule has 0 aliphatic carbocycles. The molecule has 1 fully saturated rings. The van der Waals surface area contributed by atoms with Gasteiger partial charge in [0.05, 0.1) is 73.3 Å². The van der Waals surface area contributed by atoms with Gasteiger partial charge in [-0.3, -0.25) is 24.4 Å². The Balaban J connectivity index is 0.840. The van der Waals surface area contributed by atoms with Crippen LogP contribution in [0.2, 0.25) is 0 Å². The Morgan fingerprint density at radius 2 is 1.46 bits per heavy atom. The summed E-state index contributed by atoms with van der Waals surface area (Å²) in [5.41, 5.74) is 5.84. The first-order valence-corrected chi connectivity index (χ1v) is 23.7. The fourth-order valence-corrected chi connectivity index (χ4v) is 8.54. The van der Waals surface area contributed by atoms with Gasteiger partial charge < -0.3 is 39.6 Å². The molecule has 21 heteroatoms. The molecule has 0 saturated carbocycles. The summed E-state index contributed by atoms with van der Waals surface area (Å²) in [5, 5.41) is 25.4. The number of carbonyl (C=O) groups excluding carboxylic acids is 4. The maximum absolute atomic E-state index is 14.9. The SMILES string of the molecule is Cc1ncsc1-c1ccc(CNC(=O)[C@@H]2C[C@@H](O)CN2C(=O)[C@@H](NC(=O)COCCOCCOCCOCC(F)(F)c2cnc(-c3ccc(C(C(=O)NO)c4ccccc4F)cc3)nc2)C(C)(C)C)cc1. The number of aryl methyl sites for hydroxylation is 1. The molecular formula is C50H58F3N7O10S. The largest absolute Gasteiger partial charge is 0.391 e. The first-order chi connectivity index (χ1) is 34.0. The van der Waals surface area contributed by atoms with E-state index in [2.05, 4.69) is 25.6 Å². The van der Waals surface area contributed by atoms with E-state index in [9.17, 15) is 42.7 Å². The van der Waals surface area contributed by atoms with Crippen molar-refractivity contribution in [3.63, 3.8) is 0 Å². The van der Waals surface area contributed by atoms with Gasteiger partial charge in [-0.25, -0.2) is 24.8 Å². The number of alkyl halides is 2. The molecule has 0 spiro atoms. The standard InChI is InChI=1S/C50H58F3N7O10S/c1-31-43(71-30-57-31)34-11-9-32(10-12-34)24-56-46(63)40-23-37(61)27-60(40)48(65)44(49(2,3)4)58-41(62)28-69-21-19-67-17-18-68-20-22-70-29-50(52,53)36-25-54-45(55-26-36)35-15-13-33(14-16-35)42(47(64)59-66)38-7-5-6-8-39(38)51/h5-16,25-26,30,37,40,42,44,61,66H,17-24,27-29H2,1-4H3,(H,56,63)(H,58,62)(H,59,64)/t37-,40+,42?,44-/m1/s1. The van der Waals surface area contributed by atoms with Crippen LogP contribution in [0, 0.1) is 18.2 Å². The lowest BCUT2D eigenvalue weighted by atomic mass is 9.85. The van der Waals surface area contributed by atoms with Crippen molar-refractivity contribution in [3.05, 3.63) is 124 Å². The maximum atomic E-state index is 14.9. The van der Waals surface area contributed by atoms with Crippen molar-refractivity contribution in [2.75, 3.05) is 59.4 Å². The molecule has 6 rings (SSSR count). The third-order valence-electron chi connectivity index (χ3n) is 11.5. The molecule has 2 aromatic heterocycles. The fraction of sp³-hybridized carbons (Fsp3) is 0.420. The minimum atomic E-state index is -3.41. The lowest BCUT2D eigenvalue weighted by molar-refractivity contribution is -0.144. The van der Waals surface area contributed by atoms with Crippen LogP contribution in [-0.4, -0.2) is 131 Å². The summed E-state index contributed by atoms with van der Waals surface area (Å²) in [7, 11) is 0. The van der Waals surface area contributed by atoms with Crippen LogP contribution < -0.4 is 16.1 Å². The number of aliphatic hydroxyl groups excluding tert-OH is 1. The Bertz CT molecular complexity index is 2550. The molecule has 1 unspecified atom stereocenters. The Hall–Kier alpha value is -6.20. The average Bonchev–Trinajstić information content (AvgIpc) is 3.98. The number of thiazole rings is 1. The molecule has 0 bridgehead atoms. The van der Waals surface area contributed by atoms with E-state index in [0.29, 0.717) is 11.1 Å². The molecule has 17 nitrogen and oxygen atoms in total. The number of hydrogen-bond acceptors (Lipinski definition) is 14. The fourth-order valence-electron chi connectivity index (χ4n) is 7.73. The molecule has 1 aliphatic heterocycles. The normalized spacial score (nSPS) is 15.8. The predicted molar refractivity (Wildman–Crippen MR) is 254 cm³/mol. The van der Waals surface area contributed by atoms with E-state index in [0.717, 1.165) is 34.1 Å². The predicted octanol–water partition coefficient (Wildman–Crippen LogP) is 5.32. The van der Waals surface area contributed by atoms with Crippen LogP contribution in [0.5, 0.6) is 0 Å². The van der Waals surface area contributed by atoms with Gasteiger partial charge in [0.15, 0.2) is 5.82 Å². The number of aliphatic hydroxyl groups is 1. The molecule has 3 aromatic carbocycles. The highest BCUT2D eigenvalue weighted by Gasteiger charge is 2.44. The van der Waals surface area contributed by atoms with E-state index in [1.54, 1.807) is 61.3 Å². The van der Waals surface area contributed by atoms with Gasteiger partial charge in [0.2, 0.25) is 17.7 Å². The van der Waals surface area contributed by atoms with E-state index in [1.165, 1.54) is 35.2 Å². The van der Waals surface area contributed by atoms with Crippen molar-refractivity contribution in [1.29, 1.82) is 0 Å². The van der Waals surface area contributed by atoms with Gasteiger partial charge in [-0.2, -0.15) is 8.78 Å². The van der Waals surface area contributed by atoms with Crippen molar-refractivity contribution in [1.82, 2.24) is 36.0 Å². The molecule has 4 amide bonds. The molecule has 5 N–H and O–H groups in total. The number of rotatable bonds is 24. The molecule has 71 heavy (non-hydrogen) atoms. The summed E-state index contributed by atoms with van der Waals surface area (Å²) in [6.45, 7) is 6.48. The molecule has 380 valence electrons. The number of nitrogens with one attached hydrogen (secondary N) is 3.